The molecule has 2 heterocycles. The smallest absolute Gasteiger partial charge is 0.294 e. The fourth-order valence-corrected chi connectivity index (χ4v) is 3.23. The molecule has 2 aliphatic heterocycles. The lowest BCUT2D eigenvalue weighted by Crippen LogP contribution is -2.46. The summed E-state index contributed by atoms with van der Waals surface area (Å²) in [4.78, 5) is 39.3. The Morgan fingerprint density at radius 3 is 2.54 bits per heavy atom. The number of thioether (sulfide) groups is 1. The zero-order valence-electron chi connectivity index (χ0n) is 12.7. The number of halogens is 1. The largest absolute Gasteiger partial charge is 0.378 e. The van der Waals surface area contributed by atoms with Gasteiger partial charge in [-0.2, -0.15) is 0 Å². The van der Waals surface area contributed by atoms with Crippen molar-refractivity contribution in [3.63, 3.8) is 0 Å². The fourth-order valence-electron chi connectivity index (χ4n) is 2.39. The Morgan fingerprint density at radius 1 is 1.21 bits per heavy atom. The van der Waals surface area contributed by atoms with Gasteiger partial charge >= 0.3 is 0 Å². The van der Waals surface area contributed by atoms with Gasteiger partial charge in [-0.25, -0.2) is 4.39 Å². The molecule has 0 aromatic heterocycles. The van der Waals surface area contributed by atoms with Gasteiger partial charge in [0.15, 0.2) is 0 Å². The SMILES string of the molecule is O=C(CN1C(=O)S/C(=C\c2ccc(F)cc2)C1=O)N1CCOCC1. The maximum atomic E-state index is 12.9. The number of rotatable bonds is 3. The molecule has 1 aromatic rings. The zero-order chi connectivity index (χ0) is 17.1. The number of benzene rings is 1. The highest BCUT2D eigenvalue weighted by atomic mass is 32.2. The Kier molecular flexibility index (Phi) is 4.96. The van der Waals surface area contributed by atoms with Crippen LogP contribution in [0.15, 0.2) is 29.2 Å². The average molecular weight is 350 g/mol. The standard InChI is InChI=1S/C16H15FN2O4S/c17-12-3-1-11(2-4-12)9-13-15(21)19(16(22)24-13)10-14(20)18-5-7-23-8-6-18/h1-4,9H,5-8,10H2/b13-9-. The summed E-state index contributed by atoms with van der Waals surface area (Å²) in [6.45, 7) is 1.56. The Hall–Kier alpha value is -2.19. The molecule has 0 N–H and O–H groups in total. The quantitative estimate of drug-likeness (QED) is 0.777. The molecule has 0 bridgehead atoms. The number of amides is 3. The fraction of sp³-hybridized carbons (Fsp3) is 0.312. The second kappa shape index (κ2) is 7.14. The van der Waals surface area contributed by atoms with Gasteiger partial charge in [-0.15, -0.1) is 0 Å². The predicted molar refractivity (Wildman–Crippen MR) is 86.5 cm³/mol. The maximum Gasteiger partial charge on any atom is 0.294 e. The first-order valence-electron chi connectivity index (χ1n) is 7.41. The number of imide groups is 1. The summed E-state index contributed by atoms with van der Waals surface area (Å²) < 4.78 is 18.1. The molecular weight excluding hydrogens is 335 g/mol. The molecule has 24 heavy (non-hydrogen) atoms. The van der Waals surface area contributed by atoms with Crippen LogP contribution in [0.25, 0.3) is 6.08 Å². The molecule has 6 nitrogen and oxygen atoms in total. The number of morpholine rings is 1. The van der Waals surface area contributed by atoms with Gasteiger partial charge in [0.25, 0.3) is 11.1 Å². The molecule has 2 fully saturated rings. The summed E-state index contributed by atoms with van der Waals surface area (Å²) in [5, 5.41) is -0.477. The summed E-state index contributed by atoms with van der Waals surface area (Å²) in [5.41, 5.74) is 0.612. The van der Waals surface area contributed by atoms with Crippen molar-refractivity contribution in [2.45, 2.75) is 0 Å². The van der Waals surface area contributed by atoms with Crippen molar-refractivity contribution in [1.82, 2.24) is 9.80 Å². The van der Waals surface area contributed by atoms with E-state index in [4.69, 9.17) is 4.74 Å². The minimum Gasteiger partial charge on any atom is -0.378 e. The Balaban J connectivity index is 1.69. The van der Waals surface area contributed by atoms with E-state index >= 15 is 0 Å². The number of hydrogen-bond donors (Lipinski definition) is 0. The second-order valence-electron chi connectivity index (χ2n) is 5.31. The van der Waals surface area contributed by atoms with E-state index in [1.165, 1.54) is 30.3 Å². The van der Waals surface area contributed by atoms with Crippen LogP contribution in [0.5, 0.6) is 0 Å². The van der Waals surface area contributed by atoms with Gasteiger partial charge in [-0.1, -0.05) is 12.1 Å². The van der Waals surface area contributed by atoms with Crippen molar-refractivity contribution in [2.24, 2.45) is 0 Å². The molecule has 0 atom stereocenters. The van der Waals surface area contributed by atoms with Crippen molar-refractivity contribution in [3.05, 3.63) is 40.6 Å². The number of carbonyl (C=O) groups is 3. The summed E-state index contributed by atoms with van der Waals surface area (Å²) in [6.07, 6.45) is 1.52. The van der Waals surface area contributed by atoms with Crippen LogP contribution in [0.3, 0.4) is 0 Å². The molecule has 0 spiro atoms. The predicted octanol–water partition coefficient (Wildman–Crippen LogP) is 1.72. The first kappa shape index (κ1) is 16.7. The monoisotopic (exact) mass is 350 g/mol. The number of ether oxygens (including phenoxy) is 1. The van der Waals surface area contributed by atoms with E-state index in [0.29, 0.717) is 31.9 Å². The molecular formula is C16H15FN2O4S. The molecule has 3 rings (SSSR count). The molecule has 0 aliphatic carbocycles. The summed E-state index contributed by atoms with van der Waals surface area (Å²) in [6, 6.07) is 5.58. The molecule has 1 aromatic carbocycles. The van der Waals surface area contributed by atoms with Gasteiger partial charge in [0, 0.05) is 13.1 Å². The van der Waals surface area contributed by atoms with E-state index in [9.17, 15) is 18.8 Å². The first-order valence-corrected chi connectivity index (χ1v) is 8.23. The van der Waals surface area contributed by atoms with E-state index in [1.807, 2.05) is 0 Å². The Bertz CT molecular complexity index is 699. The highest BCUT2D eigenvalue weighted by Crippen LogP contribution is 2.32. The highest BCUT2D eigenvalue weighted by molar-refractivity contribution is 8.18. The van der Waals surface area contributed by atoms with Crippen LogP contribution in [-0.2, 0) is 14.3 Å². The van der Waals surface area contributed by atoms with Crippen molar-refractivity contribution >= 4 is 34.9 Å². The minimum absolute atomic E-state index is 0.224. The summed E-state index contributed by atoms with van der Waals surface area (Å²) >= 11 is 0.779. The van der Waals surface area contributed by atoms with Gasteiger partial charge in [0.2, 0.25) is 5.91 Å². The van der Waals surface area contributed by atoms with Gasteiger partial charge in [-0.3, -0.25) is 19.3 Å². The minimum atomic E-state index is -0.504. The van der Waals surface area contributed by atoms with Crippen LogP contribution in [0.2, 0.25) is 0 Å². The van der Waals surface area contributed by atoms with Crippen molar-refractivity contribution < 1.29 is 23.5 Å². The van der Waals surface area contributed by atoms with Gasteiger partial charge < -0.3 is 9.64 Å². The second-order valence-corrected chi connectivity index (χ2v) is 6.31. The number of carbonyl (C=O) groups excluding carboxylic acids is 3. The van der Waals surface area contributed by atoms with Gasteiger partial charge in [0.1, 0.15) is 12.4 Å². The molecule has 0 saturated carbocycles. The lowest BCUT2D eigenvalue weighted by atomic mass is 10.2. The van der Waals surface area contributed by atoms with Crippen LogP contribution in [0.1, 0.15) is 5.56 Å². The lowest BCUT2D eigenvalue weighted by molar-refractivity contribution is -0.139. The molecule has 126 valence electrons. The number of nitrogens with zero attached hydrogens (tertiary/aromatic N) is 2. The first-order chi connectivity index (χ1) is 11.5. The molecule has 2 aliphatic rings. The zero-order valence-corrected chi connectivity index (χ0v) is 13.6. The average Bonchev–Trinajstić information content (AvgIpc) is 2.85. The third-order valence-electron chi connectivity index (χ3n) is 3.70. The lowest BCUT2D eigenvalue weighted by Gasteiger charge is -2.28. The van der Waals surface area contributed by atoms with Crippen LogP contribution < -0.4 is 0 Å². The molecule has 2 saturated heterocycles. The maximum absolute atomic E-state index is 12.9. The van der Waals surface area contributed by atoms with Crippen molar-refractivity contribution in [2.75, 3.05) is 32.8 Å². The normalized spacial score (nSPS) is 20.1. The van der Waals surface area contributed by atoms with E-state index < -0.39 is 11.1 Å². The van der Waals surface area contributed by atoms with Crippen LogP contribution in [0, 0.1) is 5.82 Å². The van der Waals surface area contributed by atoms with Crippen molar-refractivity contribution in [1.29, 1.82) is 0 Å². The third kappa shape index (κ3) is 3.65. The van der Waals surface area contributed by atoms with E-state index in [2.05, 4.69) is 0 Å². The Labute approximate surface area is 142 Å². The molecule has 0 unspecified atom stereocenters. The Morgan fingerprint density at radius 2 is 1.88 bits per heavy atom. The molecule has 0 radical (unpaired) electrons. The number of hydrogen-bond acceptors (Lipinski definition) is 5. The van der Waals surface area contributed by atoms with Gasteiger partial charge in [-0.05, 0) is 35.5 Å². The van der Waals surface area contributed by atoms with Gasteiger partial charge in [0.05, 0.1) is 18.1 Å². The summed E-state index contributed by atoms with van der Waals surface area (Å²) in [5.74, 6) is -1.16. The van der Waals surface area contributed by atoms with Crippen LogP contribution >= 0.6 is 11.8 Å². The van der Waals surface area contributed by atoms with Crippen LogP contribution in [0.4, 0.5) is 9.18 Å². The van der Waals surface area contributed by atoms with E-state index in [-0.39, 0.29) is 23.2 Å². The summed E-state index contributed by atoms with van der Waals surface area (Å²) in [7, 11) is 0. The van der Waals surface area contributed by atoms with E-state index in [0.717, 1.165) is 16.7 Å². The molecule has 3 amide bonds. The van der Waals surface area contributed by atoms with Crippen molar-refractivity contribution in [3.8, 4) is 0 Å². The van der Waals surface area contributed by atoms with Crippen LogP contribution in [-0.4, -0.2) is 59.7 Å². The topological polar surface area (TPSA) is 66.9 Å². The highest BCUT2D eigenvalue weighted by Gasteiger charge is 2.37. The molecule has 8 heteroatoms. The van der Waals surface area contributed by atoms with E-state index in [1.54, 1.807) is 4.90 Å². The third-order valence-corrected chi connectivity index (χ3v) is 4.61.